The quantitative estimate of drug-likeness (QED) is 0.843. The van der Waals surface area contributed by atoms with E-state index in [2.05, 4.69) is 12.2 Å². The van der Waals surface area contributed by atoms with Crippen molar-refractivity contribution < 1.29 is 9.90 Å². The standard InChI is InChI=1S/C17H20N2O2/c1-18(2)12-5-7-13(8-6-12)19-16(20)14-10-3-4-11(9-10)15(14)17(19)21/h3-8,10-11,14-16,20H,9H2,1-2H3/t10-,11+,14-,15+,16+/m1/s1. The molecule has 4 nitrogen and oxygen atoms in total. The van der Waals surface area contributed by atoms with Gasteiger partial charge in [0.15, 0.2) is 0 Å². The highest BCUT2D eigenvalue weighted by Gasteiger charge is 2.59. The molecule has 1 amide bonds. The molecule has 0 unspecified atom stereocenters. The summed E-state index contributed by atoms with van der Waals surface area (Å²) in [6.45, 7) is 0. The molecule has 0 spiro atoms. The Morgan fingerprint density at radius 1 is 1.14 bits per heavy atom. The van der Waals surface area contributed by atoms with Crippen molar-refractivity contribution in [1.29, 1.82) is 0 Å². The lowest BCUT2D eigenvalue weighted by molar-refractivity contribution is -0.121. The zero-order chi connectivity index (χ0) is 14.7. The molecule has 21 heavy (non-hydrogen) atoms. The second-order valence-corrected chi connectivity index (χ2v) is 6.58. The van der Waals surface area contributed by atoms with Gasteiger partial charge in [-0.05, 0) is 42.5 Å². The van der Waals surface area contributed by atoms with Gasteiger partial charge in [-0.3, -0.25) is 9.69 Å². The van der Waals surface area contributed by atoms with Crippen LogP contribution in [0.3, 0.4) is 0 Å². The molecule has 4 rings (SSSR count). The fraction of sp³-hybridized carbons (Fsp3) is 0.471. The van der Waals surface area contributed by atoms with Crippen molar-refractivity contribution in [2.45, 2.75) is 12.6 Å². The maximum absolute atomic E-state index is 12.7. The van der Waals surface area contributed by atoms with Crippen LogP contribution in [0.25, 0.3) is 0 Å². The van der Waals surface area contributed by atoms with E-state index in [0.717, 1.165) is 17.8 Å². The number of anilines is 2. The Bertz CT molecular complexity index is 608. The molecule has 2 aliphatic carbocycles. The van der Waals surface area contributed by atoms with Crippen LogP contribution in [0.5, 0.6) is 0 Å². The molecule has 1 saturated carbocycles. The summed E-state index contributed by atoms with van der Waals surface area (Å²) >= 11 is 0. The van der Waals surface area contributed by atoms with Crippen LogP contribution in [-0.4, -0.2) is 31.3 Å². The van der Waals surface area contributed by atoms with Gasteiger partial charge in [-0.2, -0.15) is 0 Å². The number of aliphatic hydroxyl groups excluding tert-OH is 1. The molecule has 1 aromatic carbocycles. The van der Waals surface area contributed by atoms with Crippen molar-refractivity contribution in [2.75, 3.05) is 23.9 Å². The Morgan fingerprint density at radius 2 is 1.81 bits per heavy atom. The summed E-state index contributed by atoms with van der Waals surface area (Å²) < 4.78 is 0. The van der Waals surface area contributed by atoms with E-state index in [-0.39, 0.29) is 17.7 Å². The minimum atomic E-state index is -0.687. The molecule has 4 heteroatoms. The van der Waals surface area contributed by atoms with Gasteiger partial charge in [-0.1, -0.05) is 12.2 Å². The second-order valence-electron chi connectivity index (χ2n) is 6.58. The van der Waals surface area contributed by atoms with Crippen molar-refractivity contribution in [2.24, 2.45) is 23.7 Å². The van der Waals surface area contributed by atoms with E-state index >= 15 is 0 Å². The van der Waals surface area contributed by atoms with Gasteiger partial charge < -0.3 is 10.0 Å². The van der Waals surface area contributed by atoms with Crippen LogP contribution in [0, 0.1) is 23.7 Å². The number of carbonyl (C=O) groups is 1. The van der Waals surface area contributed by atoms with Crippen LogP contribution in [0.1, 0.15) is 6.42 Å². The maximum Gasteiger partial charge on any atom is 0.233 e. The van der Waals surface area contributed by atoms with E-state index < -0.39 is 6.23 Å². The summed E-state index contributed by atoms with van der Waals surface area (Å²) in [7, 11) is 3.97. The number of nitrogens with zero attached hydrogens (tertiary/aromatic N) is 2. The number of carbonyl (C=O) groups excluding carboxylic acids is 1. The fourth-order valence-corrected chi connectivity index (χ4v) is 4.27. The van der Waals surface area contributed by atoms with Gasteiger partial charge in [0.1, 0.15) is 6.23 Å². The van der Waals surface area contributed by atoms with E-state index in [1.165, 1.54) is 0 Å². The first-order chi connectivity index (χ1) is 10.1. The van der Waals surface area contributed by atoms with Crippen LogP contribution >= 0.6 is 0 Å². The normalized spacial score (nSPS) is 36.4. The molecule has 2 fully saturated rings. The molecule has 1 heterocycles. The highest BCUT2D eigenvalue weighted by Crippen LogP contribution is 2.54. The van der Waals surface area contributed by atoms with E-state index in [1.54, 1.807) is 4.90 Å². The summed E-state index contributed by atoms with van der Waals surface area (Å²) in [5, 5.41) is 10.6. The molecule has 5 atom stereocenters. The first kappa shape index (κ1) is 12.9. The van der Waals surface area contributed by atoms with Crippen LogP contribution in [-0.2, 0) is 4.79 Å². The summed E-state index contributed by atoms with van der Waals surface area (Å²) in [6, 6.07) is 7.81. The summed E-state index contributed by atoms with van der Waals surface area (Å²) in [5.41, 5.74) is 1.88. The minimum absolute atomic E-state index is 0.0245. The number of allylic oxidation sites excluding steroid dienone is 2. The lowest BCUT2D eigenvalue weighted by atomic mass is 9.85. The molecule has 3 aliphatic rings. The molecule has 1 saturated heterocycles. The van der Waals surface area contributed by atoms with Gasteiger partial charge in [0, 0.05) is 31.4 Å². The predicted octanol–water partition coefficient (Wildman–Crippen LogP) is 1.86. The van der Waals surface area contributed by atoms with Crippen LogP contribution in [0.15, 0.2) is 36.4 Å². The minimum Gasteiger partial charge on any atom is -0.378 e. The second kappa shape index (κ2) is 4.34. The number of hydrogen-bond donors (Lipinski definition) is 1. The number of hydrogen-bond acceptors (Lipinski definition) is 3. The molecular formula is C17H20N2O2. The van der Waals surface area contributed by atoms with Gasteiger partial charge in [0.25, 0.3) is 0 Å². The smallest absolute Gasteiger partial charge is 0.233 e. The molecule has 1 aromatic rings. The number of benzene rings is 1. The molecule has 110 valence electrons. The SMILES string of the molecule is CN(C)c1ccc(N2C(=O)[C@@H]3[C@@H]([C@@H]4C=C[C@H]3C4)[C@@H]2O)cc1. The van der Waals surface area contributed by atoms with E-state index in [1.807, 2.05) is 43.3 Å². The Hall–Kier alpha value is -1.81. The topological polar surface area (TPSA) is 43.8 Å². The van der Waals surface area contributed by atoms with Crippen molar-refractivity contribution in [1.82, 2.24) is 0 Å². The van der Waals surface area contributed by atoms with E-state index in [4.69, 9.17) is 0 Å². The first-order valence-electron chi connectivity index (χ1n) is 7.55. The van der Waals surface area contributed by atoms with Crippen molar-refractivity contribution in [3.63, 3.8) is 0 Å². The number of rotatable bonds is 2. The summed E-state index contributed by atoms with van der Waals surface area (Å²) in [4.78, 5) is 16.3. The molecule has 1 N–H and O–H groups in total. The number of fused-ring (bicyclic) bond motifs is 5. The van der Waals surface area contributed by atoms with Crippen molar-refractivity contribution >= 4 is 17.3 Å². The Labute approximate surface area is 124 Å². The zero-order valence-corrected chi connectivity index (χ0v) is 12.3. The summed E-state index contributed by atoms with van der Waals surface area (Å²) in [6.07, 6.45) is 4.69. The predicted molar refractivity (Wildman–Crippen MR) is 82.0 cm³/mol. The van der Waals surface area contributed by atoms with Gasteiger partial charge in [0.2, 0.25) is 5.91 Å². The van der Waals surface area contributed by atoms with Gasteiger partial charge in [-0.15, -0.1) is 0 Å². The van der Waals surface area contributed by atoms with Crippen LogP contribution < -0.4 is 9.80 Å². The van der Waals surface area contributed by atoms with Crippen LogP contribution in [0.4, 0.5) is 11.4 Å². The van der Waals surface area contributed by atoms with E-state index in [9.17, 15) is 9.90 Å². The van der Waals surface area contributed by atoms with Crippen molar-refractivity contribution in [3.05, 3.63) is 36.4 Å². The maximum atomic E-state index is 12.7. The number of amides is 1. The van der Waals surface area contributed by atoms with Gasteiger partial charge in [-0.25, -0.2) is 0 Å². The van der Waals surface area contributed by atoms with Gasteiger partial charge >= 0.3 is 0 Å². The third-order valence-electron chi connectivity index (χ3n) is 5.30. The average molecular weight is 284 g/mol. The summed E-state index contributed by atoms with van der Waals surface area (Å²) in [5.74, 6) is 0.824. The largest absolute Gasteiger partial charge is 0.378 e. The Kier molecular flexibility index (Phi) is 2.67. The Balaban J connectivity index is 1.66. The number of aliphatic hydroxyl groups is 1. The van der Waals surface area contributed by atoms with Crippen LogP contribution in [0.2, 0.25) is 0 Å². The van der Waals surface area contributed by atoms with Crippen molar-refractivity contribution in [3.8, 4) is 0 Å². The van der Waals surface area contributed by atoms with E-state index in [0.29, 0.717) is 11.8 Å². The third kappa shape index (κ3) is 1.69. The molecular weight excluding hydrogens is 264 g/mol. The molecule has 0 aromatic heterocycles. The monoisotopic (exact) mass is 284 g/mol. The highest BCUT2D eigenvalue weighted by atomic mass is 16.3. The fourth-order valence-electron chi connectivity index (χ4n) is 4.27. The molecule has 0 radical (unpaired) electrons. The third-order valence-corrected chi connectivity index (χ3v) is 5.30. The molecule has 1 aliphatic heterocycles. The Morgan fingerprint density at radius 3 is 2.43 bits per heavy atom. The first-order valence-corrected chi connectivity index (χ1v) is 7.55. The van der Waals surface area contributed by atoms with Gasteiger partial charge in [0.05, 0.1) is 5.92 Å². The zero-order valence-electron chi connectivity index (χ0n) is 12.3. The molecule has 2 bridgehead atoms. The lowest BCUT2D eigenvalue weighted by Crippen LogP contribution is -2.36. The average Bonchev–Trinajstić information content (AvgIpc) is 3.13. The highest BCUT2D eigenvalue weighted by molar-refractivity contribution is 5.99. The lowest BCUT2D eigenvalue weighted by Gasteiger charge is -2.25.